The first-order chi connectivity index (χ1) is 22.1. The average molecular weight is 637 g/mol. The number of fused-ring (bicyclic) bond motifs is 4. The highest BCUT2D eigenvalue weighted by atomic mass is 16.3. The summed E-state index contributed by atoms with van der Waals surface area (Å²) in [6.45, 7) is 11.1. The molecule has 3 aliphatic carbocycles. The summed E-state index contributed by atoms with van der Waals surface area (Å²) in [6, 6.07) is 7.64. The van der Waals surface area contributed by atoms with Gasteiger partial charge in [0.2, 0.25) is 0 Å². The average Bonchev–Trinajstić information content (AvgIpc) is 3.26. The van der Waals surface area contributed by atoms with E-state index in [1.54, 1.807) is 0 Å². The van der Waals surface area contributed by atoms with Gasteiger partial charge in [0.25, 0.3) is 0 Å². The molecule has 6 N–H and O–H groups in total. The molecule has 0 amide bonds. The standard InChI is InChI=1S/C37H62N7O2/c1-23(2)7-5-16-44-22-43(44)35(38)28-12-15-42(36(28)44)31-19-25(33(45)34(31)46)21-41(4)27-17-24(18-27)8-11-32-39-29-10-9-26(20-30(29)40-32)37(3)13-6-14-37/h9-10,20,23-25,27-28,31-36,39-40,45-46H,5-8,11-19,21-22,38H2,1-4H3/q+1. The zero-order valence-electron chi connectivity index (χ0n) is 29.0. The van der Waals surface area contributed by atoms with E-state index in [1.165, 1.54) is 68.3 Å². The van der Waals surface area contributed by atoms with Gasteiger partial charge in [-0.1, -0.05) is 38.3 Å². The Morgan fingerprint density at radius 3 is 2.61 bits per heavy atom. The lowest BCUT2D eigenvalue weighted by atomic mass is 9.66. The topological polar surface area (TPSA) is 100 Å². The Morgan fingerprint density at radius 1 is 1.09 bits per heavy atom. The number of rotatable bonds is 12. The lowest BCUT2D eigenvalue weighted by molar-refractivity contribution is -0.893. The molecular formula is C37H62N7O2+. The fraction of sp³-hybridized carbons (Fsp3) is 0.838. The second-order valence-electron chi connectivity index (χ2n) is 17.5. The lowest BCUT2D eigenvalue weighted by Crippen LogP contribution is -2.55. The Kier molecular flexibility index (Phi) is 8.19. The van der Waals surface area contributed by atoms with Crippen LogP contribution in [0.1, 0.15) is 97.0 Å². The van der Waals surface area contributed by atoms with Gasteiger partial charge in [0, 0.05) is 31.1 Å². The van der Waals surface area contributed by atoms with Crippen LogP contribution in [0.25, 0.3) is 0 Å². The summed E-state index contributed by atoms with van der Waals surface area (Å²) in [5, 5.41) is 32.7. The molecule has 1 aromatic carbocycles. The van der Waals surface area contributed by atoms with E-state index in [2.05, 4.69) is 71.5 Å². The third-order valence-electron chi connectivity index (χ3n) is 14.1. The Labute approximate surface area is 277 Å². The molecule has 6 fully saturated rings. The van der Waals surface area contributed by atoms with E-state index in [4.69, 9.17) is 5.73 Å². The van der Waals surface area contributed by atoms with E-state index >= 15 is 0 Å². The van der Waals surface area contributed by atoms with Gasteiger partial charge in [-0.25, -0.2) is 9.49 Å². The molecule has 1 aromatic rings. The van der Waals surface area contributed by atoms with Crippen molar-refractivity contribution < 1.29 is 14.8 Å². The Bertz CT molecular complexity index is 1270. The number of hydrogen-bond acceptors (Lipinski definition) is 8. The van der Waals surface area contributed by atoms with Gasteiger partial charge < -0.3 is 31.5 Å². The monoisotopic (exact) mass is 636 g/mol. The largest absolute Gasteiger partial charge is 0.390 e. The maximum Gasteiger partial charge on any atom is 0.199 e. The molecule has 0 bridgehead atoms. The van der Waals surface area contributed by atoms with Crippen LogP contribution in [-0.2, 0) is 5.41 Å². The molecule has 3 saturated carbocycles. The zero-order valence-corrected chi connectivity index (χ0v) is 29.0. The van der Waals surface area contributed by atoms with Crippen LogP contribution in [0, 0.1) is 23.7 Å². The maximum absolute atomic E-state index is 11.4. The van der Waals surface area contributed by atoms with E-state index in [-0.39, 0.29) is 18.1 Å². The van der Waals surface area contributed by atoms with E-state index in [0.29, 0.717) is 29.7 Å². The van der Waals surface area contributed by atoms with Crippen LogP contribution in [0.15, 0.2) is 18.2 Å². The first kappa shape index (κ1) is 31.8. The van der Waals surface area contributed by atoms with Crippen molar-refractivity contribution in [3.63, 3.8) is 0 Å². The van der Waals surface area contributed by atoms with Gasteiger partial charge in [-0.3, -0.25) is 0 Å². The van der Waals surface area contributed by atoms with Gasteiger partial charge in [0.05, 0.1) is 42.2 Å². The molecule has 7 aliphatic rings. The Morgan fingerprint density at radius 2 is 1.87 bits per heavy atom. The molecule has 4 aliphatic heterocycles. The smallest absolute Gasteiger partial charge is 0.199 e. The van der Waals surface area contributed by atoms with Crippen molar-refractivity contribution in [1.82, 2.24) is 14.8 Å². The molecule has 0 spiro atoms. The molecule has 8 rings (SSSR count). The molecule has 46 heavy (non-hydrogen) atoms. The molecule has 9 heteroatoms. The molecule has 10 atom stereocenters. The number of quaternary nitrogens is 1. The highest BCUT2D eigenvalue weighted by molar-refractivity contribution is 5.75. The first-order valence-electron chi connectivity index (χ1n) is 19.0. The SMILES string of the molecule is CC(C)CCC[N+]12CN1C(N)C1CCN(C3CC(CN(C)C4CC(CCC5Nc6ccc(C7(C)CCC7)cc6N5)C4)C(O)C3O)C12. The normalized spacial score (nSPS) is 43.5. The number of hydrogen-bond donors (Lipinski definition) is 5. The van der Waals surface area contributed by atoms with Crippen molar-refractivity contribution in [1.29, 1.82) is 0 Å². The molecule has 0 radical (unpaired) electrons. The van der Waals surface area contributed by atoms with Gasteiger partial charge in [-0.2, -0.15) is 0 Å². The molecule has 3 saturated heterocycles. The molecule has 0 aromatic heterocycles. The second-order valence-corrected chi connectivity index (χ2v) is 17.5. The zero-order chi connectivity index (χ0) is 32.0. The third kappa shape index (κ3) is 5.31. The van der Waals surface area contributed by atoms with E-state index < -0.39 is 12.2 Å². The minimum Gasteiger partial charge on any atom is -0.390 e. The van der Waals surface area contributed by atoms with Crippen molar-refractivity contribution in [2.75, 3.05) is 44.0 Å². The Hall–Kier alpha value is -1.46. The van der Waals surface area contributed by atoms with E-state index in [9.17, 15) is 10.2 Å². The number of likely N-dealkylation sites (tertiary alicyclic amines) is 1. The fourth-order valence-corrected chi connectivity index (χ4v) is 10.9. The van der Waals surface area contributed by atoms with Gasteiger partial charge in [-0.15, -0.1) is 0 Å². The summed E-state index contributed by atoms with van der Waals surface area (Å²) < 4.78 is 1.00. The van der Waals surface area contributed by atoms with Crippen LogP contribution >= 0.6 is 0 Å². The van der Waals surface area contributed by atoms with Gasteiger partial charge in [0.15, 0.2) is 12.8 Å². The van der Waals surface area contributed by atoms with Crippen molar-refractivity contribution in [3.05, 3.63) is 23.8 Å². The first-order valence-corrected chi connectivity index (χ1v) is 19.0. The summed E-state index contributed by atoms with van der Waals surface area (Å²) in [4.78, 5) is 5.09. The van der Waals surface area contributed by atoms with Crippen LogP contribution in [0.2, 0.25) is 0 Å². The minimum atomic E-state index is -0.671. The third-order valence-corrected chi connectivity index (χ3v) is 14.1. The van der Waals surface area contributed by atoms with Gasteiger partial charge in [0.1, 0.15) is 6.17 Å². The Balaban J connectivity index is 0.805. The highest BCUT2D eigenvalue weighted by Crippen LogP contribution is 2.54. The van der Waals surface area contributed by atoms with E-state index in [1.807, 2.05) is 0 Å². The highest BCUT2D eigenvalue weighted by Gasteiger charge is 2.75. The van der Waals surface area contributed by atoms with Crippen LogP contribution in [0.5, 0.6) is 0 Å². The minimum absolute atomic E-state index is 0.0357. The number of nitrogens with two attached hydrogens (primary N) is 1. The fourth-order valence-electron chi connectivity index (χ4n) is 10.9. The van der Waals surface area contributed by atoms with Crippen molar-refractivity contribution in [2.45, 2.75) is 140 Å². The maximum atomic E-state index is 11.4. The number of nitrogens with zero attached hydrogens (tertiary/aromatic N) is 4. The second kappa shape index (κ2) is 11.9. The van der Waals surface area contributed by atoms with Crippen LogP contribution in [-0.4, -0.2) is 106 Å². The molecule has 256 valence electrons. The number of anilines is 2. The summed E-state index contributed by atoms with van der Waals surface area (Å²) in [5.41, 5.74) is 11.2. The van der Waals surface area contributed by atoms with Crippen LogP contribution in [0.4, 0.5) is 11.4 Å². The summed E-state index contributed by atoms with van der Waals surface area (Å²) in [5.74, 6) is 2.09. The molecular weight excluding hydrogens is 574 g/mol. The van der Waals surface area contributed by atoms with Crippen molar-refractivity contribution in [3.8, 4) is 0 Å². The number of aliphatic hydroxyl groups excluding tert-OH is 2. The van der Waals surface area contributed by atoms with Crippen molar-refractivity contribution in [2.24, 2.45) is 29.4 Å². The quantitative estimate of drug-likeness (QED) is 0.171. The van der Waals surface area contributed by atoms with E-state index in [0.717, 1.165) is 62.0 Å². The summed E-state index contributed by atoms with van der Waals surface area (Å²) in [7, 11) is 2.24. The van der Waals surface area contributed by atoms with Gasteiger partial charge in [-0.05, 0) is 106 Å². The van der Waals surface area contributed by atoms with Crippen LogP contribution in [0.3, 0.4) is 0 Å². The van der Waals surface area contributed by atoms with Gasteiger partial charge >= 0.3 is 0 Å². The van der Waals surface area contributed by atoms with Crippen LogP contribution < -0.4 is 16.4 Å². The lowest BCUT2D eigenvalue weighted by Gasteiger charge is -2.43. The summed E-state index contributed by atoms with van der Waals surface area (Å²) in [6.07, 6.45) is 12.9. The number of aliphatic hydroxyl groups is 2. The number of nitrogens with one attached hydrogen (secondary N) is 2. The molecule has 9 nitrogen and oxygen atoms in total. The summed E-state index contributed by atoms with van der Waals surface area (Å²) >= 11 is 0. The van der Waals surface area contributed by atoms with Crippen molar-refractivity contribution >= 4 is 11.4 Å². The molecule has 4 heterocycles. The number of benzene rings is 1. The predicted octanol–water partition coefficient (Wildman–Crippen LogP) is 4.28. The molecule has 10 unspecified atom stereocenters. The predicted molar refractivity (Wildman–Crippen MR) is 183 cm³/mol.